The molecule has 3 rings (SSSR count). The van der Waals surface area contributed by atoms with E-state index in [-0.39, 0.29) is 0 Å². The molecule has 1 N–H and O–H groups in total. The number of carboxylic acid groups (broad SMARTS) is 1. The first kappa shape index (κ1) is 11.5. The molecule has 0 aromatic heterocycles. The van der Waals surface area contributed by atoms with Crippen molar-refractivity contribution < 1.29 is 9.90 Å². The van der Waals surface area contributed by atoms with Crippen molar-refractivity contribution in [3.63, 3.8) is 0 Å². The second-order valence-electron chi connectivity index (χ2n) is 4.46. The maximum absolute atomic E-state index is 11.2. The van der Waals surface area contributed by atoms with Gasteiger partial charge >= 0.3 is 5.97 Å². The molecule has 0 fully saturated rings. The Hall–Kier alpha value is -2.61. The standard InChI is InChI=1S/C17H12O2/c1-2-11-6-8-13-12(10-11)7-9-15-14(13)4-3-5-16(15)17(18)19/h2-10H,1H2,(H,18,19). The fourth-order valence-corrected chi connectivity index (χ4v) is 2.43. The molecule has 2 heteroatoms. The predicted molar refractivity (Wildman–Crippen MR) is 78.5 cm³/mol. The summed E-state index contributed by atoms with van der Waals surface area (Å²) in [4.78, 5) is 11.2. The second kappa shape index (κ2) is 4.25. The van der Waals surface area contributed by atoms with Gasteiger partial charge in [0.25, 0.3) is 0 Å². The molecule has 0 aliphatic heterocycles. The molecule has 19 heavy (non-hydrogen) atoms. The Bertz CT molecular complexity index is 816. The highest BCUT2D eigenvalue weighted by molar-refractivity contribution is 6.14. The summed E-state index contributed by atoms with van der Waals surface area (Å²) in [6, 6.07) is 15.3. The smallest absolute Gasteiger partial charge is 0.336 e. The van der Waals surface area contributed by atoms with Gasteiger partial charge in [0.05, 0.1) is 5.56 Å². The Morgan fingerprint density at radius 2 is 1.79 bits per heavy atom. The van der Waals surface area contributed by atoms with Crippen molar-refractivity contribution in [1.29, 1.82) is 0 Å². The Labute approximate surface area is 110 Å². The van der Waals surface area contributed by atoms with Gasteiger partial charge in [-0.05, 0) is 39.2 Å². The number of hydrogen-bond acceptors (Lipinski definition) is 1. The van der Waals surface area contributed by atoms with Crippen LogP contribution in [-0.2, 0) is 0 Å². The first-order chi connectivity index (χ1) is 9.20. The van der Waals surface area contributed by atoms with E-state index in [9.17, 15) is 9.90 Å². The number of rotatable bonds is 2. The van der Waals surface area contributed by atoms with Crippen LogP contribution in [0, 0.1) is 0 Å². The number of aromatic carboxylic acids is 1. The largest absolute Gasteiger partial charge is 0.478 e. The van der Waals surface area contributed by atoms with E-state index < -0.39 is 5.97 Å². The summed E-state index contributed by atoms with van der Waals surface area (Å²) in [5.41, 5.74) is 1.40. The highest BCUT2D eigenvalue weighted by Crippen LogP contribution is 2.28. The van der Waals surface area contributed by atoms with Crippen LogP contribution in [0.2, 0.25) is 0 Å². The van der Waals surface area contributed by atoms with Crippen LogP contribution in [0.5, 0.6) is 0 Å². The lowest BCUT2D eigenvalue weighted by atomic mass is 9.97. The van der Waals surface area contributed by atoms with Gasteiger partial charge in [-0.25, -0.2) is 4.79 Å². The molecule has 0 bridgehead atoms. The van der Waals surface area contributed by atoms with Gasteiger partial charge in [0.1, 0.15) is 0 Å². The lowest BCUT2D eigenvalue weighted by Crippen LogP contribution is -1.97. The van der Waals surface area contributed by atoms with E-state index >= 15 is 0 Å². The zero-order valence-electron chi connectivity index (χ0n) is 10.3. The molecule has 0 saturated heterocycles. The van der Waals surface area contributed by atoms with E-state index in [1.54, 1.807) is 18.2 Å². The zero-order chi connectivity index (χ0) is 13.4. The normalized spacial score (nSPS) is 10.7. The van der Waals surface area contributed by atoms with Crippen LogP contribution in [0.3, 0.4) is 0 Å². The third kappa shape index (κ3) is 1.78. The molecule has 0 saturated carbocycles. The molecule has 0 heterocycles. The molecule has 0 amide bonds. The van der Waals surface area contributed by atoms with Crippen molar-refractivity contribution in [1.82, 2.24) is 0 Å². The van der Waals surface area contributed by atoms with Crippen molar-refractivity contribution in [3.8, 4) is 0 Å². The van der Waals surface area contributed by atoms with Gasteiger partial charge in [0.2, 0.25) is 0 Å². The van der Waals surface area contributed by atoms with Crippen molar-refractivity contribution in [2.45, 2.75) is 0 Å². The van der Waals surface area contributed by atoms with Gasteiger partial charge in [0, 0.05) is 0 Å². The SMILES string of the molecule is C=Cc1ccc2c(ccc3c(C(=O)O)cccc32)c1. The summed E-state index contributed by atoms with van der Waals surface area (Å²) in [6.07, 6.45) is 1.80. The lowest BCUT2D eigenvalue weighted by molar-refractivity contribution is 0.0699. The summed E-state index contributed by atoms with van der Waals surface area (Å²) in [5.74, 6) is -0.896. The van der Waals surface area contributed by atoms with Crippen LogP contribution in [-0.4, -0.2) is 11.1 Å². The van der Waals surface area contributed by atoms with Crippen molar-refractivity contribution in [3.05, 3.63) is 66.2 Å². The van der Waals surface area contributed by atoms with Gasteiger partial charge in [-0.2, -0.15) is 0 Å². The molecule has 0 unspecified atom stereocenters. The summed E-state index contributed by atoms with van der Waals surface area (Å²) in [5, 5.41) is 13.1. The van der Waals surface area contributed by atoms with Gasteiger partial charge in [-0.3, -0.25) is 0 Å². The molecule has 0 spiro atoms. The van der Waals surface area contributed by atoms with Crippen LogP contribution in [0.15, 0.2) is 55.1 Å². The fraction of sp³-hybridized carbons (Fsp3) is 0. The third-order valence-electron chi connectivity index (χ3n) is 3.37. The summed E-state index contributed by atoms with van der Waals surface area (Å²) in [6.45, 7) is 3.76. The summed E-state index contributed by atoms with van der Waals surface area (Å²) >= 11 is 0. The van der Waals surface area contributed by atoms with E-state index in [1.165, 1.54) is 0 Å². The quantitative estimate of drug-likeness (QED) is 0.685. The molecule has 0 aliphatic carbocycles. The van der Waals surface area contributed by atoms with Gasteiger partial charge in [0.15, 0.2) is 0 Å². The summed E-state index contributed by atoms with van der Waals surface area (Å²) < 4.78 is 0. The van der Waals surface area contributed by atoms with Gasteiger partial charge in [-0.1, -0.05) is 49.1 Å². The predicted octanol–water partition coefficient (Wildman–Crippen LogP) is 4.33. The number of fused-ring (bicyclic) bond motifs is 3. The van der Waals surface area contributed by atoms with Crippen LogP contribution in [0.25, 0.3) is 27.6 Å². The Morgan fingerprint density at radius 3 is 2.53 bits per heavy atom. The molecule has 92 valence electrons. The first-order valence-electron chi connectivity index (χ1n) is 6.02. The maximum atomic E-state index is 11.2. The van der Waals surface area contributed by atoms with Crippen LogP contribution < -0.4 is 0 Å². The van der Waals surface area contributed by atoms with Crippen molar-refractivity contribution >= 4 is 33.6 Å². The third-order valence-corrected chi connectivity index (χ3v) is 3.37. The zero-order valence-corrected chi connectivity index (χ0v) is 10.3. The van der Waals surface area contributed by atoms with Crippen molar-refractivity contribution in [2.24, 2.45) is 0 Å². The van der Waals surface area contributed by atoms with Gasteiger partial charge in [-0.15, -0.1) is 0 Å². The molecular formula is C17H12O2. The number of hydrogen-bond donors (Lipinski definition) is 1. The minimum absolute atomic E-state index is 0.340. The highest BCUT2D eigenvalue weighted by atomic mass is 16.4. The lowest BCUT2D eigenvalue weighted by Gasteiger charge is -2.07. The van der Waals surface area contributed by atoms with E-state index in [2.05, 4.69) is 12.6 Å². The van der Waals surface area contributed by atoms with Crippen molar-refractivity contribution in [2.75, 3.05) is 0 Å². The second-order valence-corrected chi connectivity index (χ2v) is 4.46. The molecule has 3 aromatic carbocycles. The summed E-state index contributed by atoms with van der Waals surface area (Å²) in [7, 11) is 0. The minimum Gasteiger partial charge on any atom is -0.478 e. The number of carbonyl (C=O) groups is 1. The molecule has 0 aliphatic rings. The first-order valence-corrected chi connectivity index (χ1v) is 6.02. The van der Waals surface area contributed by atoms with E-state index in [0.29, 0.717) is 5.56 Å². The van der Waals surface area contributed by atoms with Crippen LogP contribution in [0.1, 0.15) is 15.9 Å². The van der Waals surface area contributed by atoms with Gasteiger partial charge < -0.3 is 5.11 Å². The topological polar surface area (TPSA) is 37.3 Å². The van der Waals surface area contributed by atoms with E-state index in [4.69, 9.17) is 0 Å². The maximum Gasteiger partial charge on any atom is 0.336 e. The van der Waals surface area contributed by atoms with E-state index in [1.807, 2.05) is 30.3 Å². The Morgan fingerprint density at radius 1 is 1.00 bits per heavy atom. The Balaban J connectivity index is 2.44. The highest BCUT2D eigenvalue weighted by Gasteiger charge is 2.09. The van der Waals surface area contributed by atoms with Crippen LogP contribution >= 0.6 is 0 Å². The molecule has 0 atom stereocenters. The molecule has 3 aromatic rings. The molecule has 0 radical (unpaired) electrons. The van der Waals surface area contributed by atoms with Crippen LogP contribution in [0.4, 0.5) is 0 Å². The number of carboxylic acids is 1. The molecule has 2 nitrogen and oxygen atoms in total. The fourth-order valence-electron chi connectivity index (χ4n) is 2.43. The Kier molecular flexibility index (Phi) is 2.57. The average molecular weight is 248 g/mol. The molecular weight excluding hydrogens is 236 g/mol. The minimum atomic E-state index is -0.896. The number of benzene rings is 3. The van der Waals surface area contributed by atoms with E-state index in [0.717, 1.165) is 27.1 Å². The monoisotopic (exact) mass is 248 g/mol. The average Bonchev–Trinajstić information content (AvgIpc) is 2.45.